The molecule has 0 radical (unpaired) electrons. The summed E-state index contributed by atoms with van der Waals surface area (Å²) in [4.78, 5) is 10.1. The molecule has 0 bridgehead atoms. The van der Waals surface area contributed by atoms with Gasteiger partial charge in [-0.1, -0.05) is 48.0 Å². The van der Waals surface area contributed by atoms with Gasteiger partial charge in [0, 0.05) is 24.8 Å². The van der Waals surface area contributed by atoms with Crippen LogP contribution < -0.4 is 16.8 Å². The Bertz CT molecular complexity index is 358. The number of anilines is 2. The van der Waals surface area contributed by atoms with Crippen molar-refractivity contribution in [2.45, 2.75) is 48.0 Å². The second-order valence-electron chi connectivity index (χ2n) is 3.46. The highest BCUT2D eigenvalue weighted by molar-refractivity contribution is 5.66. The van der Waals surface area contributed by atoms with E-state index in [4.69, 9.17) is 11.5 Å². The van der Waals surface area contributed by atoms with Crippen LogP contribution in [0.5, 0.6) is 0 Å². The SMILES string of the molecule is CC.CC.CCC.NCCNc1ccc(N)cc1[N+](=O)[O-]. The van der Waals surface area contributed by atoms with Crippen molar-refractivity contribution < 1.29 is 4.92 Å². The summed E-state index contributed by atoms with van der Waals surface area (Å²) in [7, 11) is 0. The number of hydrogen-bond acceptors (Lipinski definition) is 5. The molecule has 1 aromatic carbocycles. The van der Waals surface area contributed by atoms with E-state index in [1.165, 1.54) is 12.5 Å². The highest BCUT2D eigenvalue weighted by Gasteiger charge is 2.12. The van der Waals surface area contributed by atoms with Gasteiger partial charge in [-0.15, -0.1) is 0 Å². The molecule has 0 heterocycles. The Morgan fingerprint density at radius 2 is 1.67 bits per heavy atom. The maximum Gasteiger partial charge on any atom is 0.294 e. The van der Waals surface area contributed by atoms with Crippen LogP contribution in [0.2, 0.25) is 0 Å². The van der Waals surface area contributed by atoms with Gasteiger partial charge in [-0.25, -0.2) is 0 Å². The quantitative estimate of drug-likeness (QED) is 0.442. The Morgan fingerprint density at radius 3 is 2.05 bits per heavy atom. The molecule has 1 rings (SSSR count). The second kappa shape index (κ2) is 18.2. The van der Waals surface area contributed by atoms with Crippen molar-refractivity contribution in [2.24, 2.45) is 5.73 Å². The molecular formula is C15H32N4O2. The summed E-state index contributed by atoms with van der Waals surface area (Å²) in [6.45, 7) is 13.2. The number of benzene rings is 1. The topological polar surface area (TPSA) is 107 Å². The molecule has 6 heteroatoms. The first-order chi connectivity index (χ1) is 10.1. The van der Waals surface area contributed by atoms with Crippen molar-refractivity contribution in [1.29, 1.82) is 0 Å². The predicted molar refractivity (Wildman–Crippen MR) is 93.7 cm³/mol. The van der Waals surface area contributed by atoms with Crippen molar-refractivity contribution in [3.63, 3.8) is 0 Å². The van der Waals surface area contributed by atoms with Crippen LogP contribution in [0.4, 0.5) is 17.1 Å². The molecule has 0 aliphatic heterocycles. The average molecular weight is 300 g/mol. The van der Waals surface area contributed by atoms with E-state index in [0.717, 1.165) is 0 Å². The summed E-state index contributed by atoms with van der Waals surface area (Å²) in [6, 6.07) is 4.49. The molecule has 6 nitrogen and oxygen atoms in total. The van der Waals surface area contributed by atoms with Crippen molar-refractivity contribution in [1.82, 2.24) is 0 Å². The van der Waals surface area contributed by atoms with Gasteiger partial charge in [0.1, 0.15) is 5.69 Å². The molecule has 0 saturated heterocycles. The Balaban J connectivity index is -0.000000399. The normalized spacial score (nSPS) is 7.95. The Hall–Kier alpha value is -1.82. The van der Waals surface area contributed by atoms with Crippen molar-refractivity contribution in [3.05, 3.63) is 28.3 Å². The van der Waals surface area contributed by atoms with Gasteiger partial charge in [-0.2, -0.15) is 0 Å². The van der Waals surface area contributed by atoms with E-state index in [0.29, 0.717) is 24.5 Å². The molecule has 0 saturated carbocycles. The smallest absolute Gasteiger partial charge is 0.294 e. The standard InChI is InChI=1S/C8H12N4O2.C3H8.2C2H6/c9-3-4-11-7-2-1-6(10)5-8(7)12(13)14;1-3-2;2*1-2/h1-2,5,11H,3-4,9-10H2;3H2,1-2H3;2*1-2H3. The number of nitrogens with zero attached hydrogens (tertiary/aromatic N) is 1. The van der Waals surface area contributed by atoms with Crippen LogP contribution in [-0.2, 0) is 0 Å². The molecule has 0 aliphatic rings. The first-order valence-electron chi connectivity index (χ1n) is 7.54. The molecule has 0 unspecified atom stereocenters. The number of hydrogen-bond donors (Lipinski definition) is 3. The summed E-state index contributed by atoms with van der Waals surface area (Å²) < 4.78 is 0. The van der Waals surface area contributed by atoms with Crippen molar-refractivity contribution in [3.8, 4) is 0 Å². The largest absolute Gasteiger partial charge is 0.399 e. The predicted octanol–water partition coefficient (Wildman–Crippen LogP) is 4.02. The minimum absolute atomic E-state index is 0.0292. The van der Waals surface area contributed by atoms with E-state index >= 15 is 0 Å². The highest BCUT2D eigenvalue weighted by Crippen LogP contribution is 2.26. The van der Waals surface area contributed by atoms with Gasteiger partial charge in [-0.05, 0) is 12.1 Å². The zero-order valence-electron chi connectivity index (χ0n) is 14.3. The molecule has 0 amide bonds. The fourth-order valence-corrected chi connectivity index (χ4v) is 1.06. The van der Waals surface area contributed by atoms with Gasteiger partial charge in [0.05, 0.1) is 4.92 Å². The van der Waals surface area contributed by atoms with Crippen molar-refractivity contribution in [2.75, 3.05) is 24.1 Å². The van der Waals surface area contributed by atoms with E-state index in [1.54, 1.807) is 12.1 Å². The highest BCUT2D eigenvalue weighted by atomic mass is 16.6. The Labute approximate surface area is 129 Å². The first-order valence-corrected chi connectivity index (χ1v) is 7.54. The molecular weight excluding hydrogens is 268 g/mol. The minimum atomic E-state index is -0.477. The average Bonchev–Trinajstić information content (AvgIpc) is 2.50. The van der Waals surface area contributed by atoms with E-state index in [-0.39, 0.29) is 5.69 Å². The van der Waals surface area contributed by atoms with Gasteiger partial charge < -0.3 is 16.8 Å². The lowest BCUT2D eigenvalue weighted by atomic mass is 10.2. The van der Waals surface area contributed by atoms with Gasteiger partial charge in [0.2, 0.25) is 0 Å². The molecule has 0 fully saturated rings. The number of nitrogen functional groups attached to an aromatic ring is 1. The van der Waals surface area contributed by atoms with Crippen LogP contribution in [0.25, 0.3) is 0 Å². The summed E-state index contributed by atoms with van der Waals surface area (Å²) in [5.41, 5.74) is 11.5. The first kappa shape index (κ1) is 24.2. The fraction of sp³-hybridized carbons (Fsp3) is 0.600. The third-order valence-electron chi connectivity index (χ3n) is 1.68. The summed E-state index contributed by atoms with van der Waals surface area (Å²) in [6.07, 6.45) is 1.25. The number of nitrogens with two attached hydrogens (primary N) is 2. The Kier molecular flexibility index (Phi) is 21.0. The van der Waals surface area contributed by atoms with Crippen LogP contribution in [0.1, 0.15) is 48.0 Å². The monoisotopic (exact) mass is 300 g/mol. The molecule has 0 atom stereocenters. The zero-order chi connectivity index (χ0) is 17.3. The van der Waals surface area contributed by atoms with E-state index in [1.807, 2.05) is 27.7 Å². The lowest BCUT2D eigenvalue weighted by Gasteiger charge is -2.05. The van der Waals surface area contributed by atoms with Gasteiger partial charge in [0.25, 0.3) is 5.69 Å². The van der Waals surface area contributed by atoms with Crippen molar-refractivity contribution >= 4 is 17.1 Å². The fourth-order valence-electron chi connectivity index (χ4n) is 1.06. The lowest BCUT2D eigenvalue weighted by molar-refractivity contribution is -0.383. The molecule has 0 aromatic heterocycles. The summed E-state index contributed by atoms with van der Waals surface area (Å²) >= 11 is 0. The third-order valence-corrected chi connectivity index (χ3v) is 1.68. The number of nitro groups is 1. The minimum Gasteiger partial charge on any atom is -0.399 e. The molecule has 0 aliphatic carbocycles. The van der Waals surface area contributed by atoms with E-state index < -0.39 is 4.92 Å². The second-order valence-corrected chi connectivity index (χ2v) is 3.46. The zero-order valence-corrected chi connectivity index (χ0v) is 14.3. The maximum absolute atomic E-state index is 10.6. The number of nitro benzene ring substituents is 1. The van der Waals surface area contributed by atoms with E-state index in [9.17, 15) is 10.1 Å². The number of rotatable bonds is 4. The summed E-state index contributed by atoms with van der Waals surface area (Å²) in [5.74, 6) is 0. The van der Waals surface area contributed by atoms with Gasteiger partial charge in [-0.3, -0.25) is 10.1 Å². The van der Waals surface area contributed by atoms with Crippen LogP contribution in [0.15, 0.2) is 18.2 Å². The molecule has 21 heavy (non-hydrogen) atoms. The van der Waals surface area contributed by atoms with Crippen LogP contribution >= 0.6 is 0 Å². The van der Waals surface area contributed by atoms with Gasteiger partial charge in [0.15, 0.2) is 0 Å². The summed E-state index contributed by atoms with van der Waals surface area (Å²) in [5, 5.41) is 13.5. The molecule has 1 aromatic rings. The molecule has 0 spiro atoms. The lowest BCUT2D eigenvalue weighted by Crippen LogP contribution is -2.14. The third kappa shape index (κ3) is 12.9. The van der Waals surface area contributed by atoms with E-state index in [2.05, 4.69) is 19.2 Å². The Morgan fingerprint density at radius 1 is 1.19 bits per heavy atom. The maximum atomic E-state index is 10.6. The van der Waals surface area contributed by atoms with Crippen LogP contribution in [0.3, 0.4) is 0 Å². The van der Waals surface area contributed by atoms with Crippen LogP contribution in [0, 0.1) is 10.1 Å². The molecule has 124 valence electrons. The van der Waals surface area contributed by atoms with Gasteiger partial charge >= 0.3 is 0 Å². The van der Waals surface area contributed by atoms with Crippen LogP contribution in [-0.4, -0.2) is 18.0 Å². The number of nitrogens with one attached hydrogen (secondary N) is 1. The molecule has 5 N–H and O–H groups in total.